The van der Waals surface area contributed by atoms with Gasteiger partial charge in [0.25, 0.3) is 10.2 Å². The predicted octanol–water partition coefficient (Wildman–Crippen LogP) is 1.50. The van der Waals surface area contributed by atoms with Crippen LogP contribution in [0.2, 0.25) is 0 Å². The molecule has 15 heavy (non-hydrogen) atoms. The zero-order valence-electron chi connectivity index (χ0n) is 10.2. The molecule has 0 spiro atoms. The summed E-state index contributed by atoms with van der Waals surface area (Å²) in [6, 6.07) is 0. The molecule has 0 heterocycles. The molecule has 0 atom stereocenters. The highest BCUT2D eigenvalue weighted by atomic mass is 32.2. The van der Waals surface area contributed by atoms with Crippen LogP contribution >= 0.6 is 0 Å². The number of hydrogen-bond donors (Lipinski definition) is 2. The predicted molar refractivity (Wildman–Crippen MR) is 63.8 cm³/mol. The van der Waals surface area contributed by atoms with E-state index in [1.807, 2.05) is 0 Å². The van der Waals surface area contributed by atoms with E-state index in [-0.39, 0.29) is 0 Å². The first-order valence-electron chi connectivity index (χ1n) is 5.57. The Labute approximate surface area is 94.0 Å². The Morgan fingerprint density at radius 1 is 0.867 bits per heavy atom. The average Bonchev–Trinajstić information content (AvgIpc) is 2.01. The fourth-order valence-electron chi connectivity index (χ4n) is 1.01. The molecular formula is C10H24N2O2S. The second-order valence-electron chi connectivity index (χ2n) is 4.66. The Kier molecular flexibility index (Phi) is 7.13. The van der Waals surface area contributed by atoms with E-state index in [1.165, 1.54) is 0 Å². The molecule has 0 saturated heterocycles. The average molecular weight is 236 g/mol. The summed E-state index contributed by atoms with van der Waals surface area (Å²) in [4.78, 5) is 0. The number of nitrogens with one attached hydrogen (secondary N) is 2. The van der Waals surface area contributed by atoms with Gasteiger partial charge in [-0.05, 0) is 24.7 Å². The van der Waals surface area contributed by atoms with Crippen LogP contribution in [0.1, 0.15) is 40.5 Å². The van der Waals surface area contributed by atoms with Crippen molar-refractivity contribution in [3.05, 3.63) is 0 Å². The van der Waals surface area contributed by atoms with Crippen LogP contribution in [0, 0.1) is 11.8 Å². The van der Waals surface area contributed by atoms with Crippen molar-refractivity contribution in [2.45, 2.75) is 40.5 Å². The second-order valence-corrected chi connectivity index (χ2v) is 6.24. The molecule has 0 aliphatic heterocycles. The SMILES string of the molecule is CC(C)CCNS(=O)(=O)NCCC(C)C. The van der Waals surface area contributed by atoms with E-state index < -0.39 is 10.2 Å². The first kappa shape index (κ1) is 14.9. The maximum absolute atomic E-state index is 11.4. The second kappa shape index (κ2) is 7.19. The smallest absolute Gasteiger partial charge is 0.202 e. The van der Waals surface area contributed by atoms with Crippen LogP contribution in [0.3, 0.4) is 0 Å². The topological polar surface area (TPSA) is 58.2 Å². The summed E-state index contributed by atoms with van der Waals surface area (Å²) in [6.07, 6.45) is 1.73. The van der Waals surface area contributed by atoms with Crippen molar-refractivity contribution in [2.75, 3.05) is 13.1 Å². The van der Waals surface area contributed by atoms with Gasteiger partial charge in [-0.25, -0.2) is 9.44 Å². The fourth-order valence-corrected chi connectivity index (χ4v) is 1.89. The lowest BCUT2D eigenvalue weighted by atomic mass is 10.1. The van der Waals surface area contributed by atoms with Crippen LogP contribution in [0.4, 0.5) is 0 Å². The molecule has 0 radical (unpaired) electrons. The molecule has 0 bridgehead atoms. The molecule has 92 valence electrons. The van der Waals surface area contributed by atoms with Gasteiger partial charge in [0.05, 0.1) is 0 Å². The van der Waals surface area contributed by atoms with Gasteiger partial charge < -0.3 is 0 Å². The van der Waals surface area contributed by atoms with Gasteiger partial charge in [-0.2, -0.15) is 8.42 Å². The minimum atomic E-state index is -3.27. The van der Waals surface area contributed by atoms with E-state index in [4.69, 9.17) is 0 Å². The standard InChI is InChI=1S/C10H24N2O2S/c1-9(2)5-7-11-15(13,14)12-8-6-10(3)4/h9-12H,5-8H2,1-4H3. The van der Waals surface area contributed by atoms with E-state index >= 15 is 0 Å². The van der Waals surface area contributed by atoms with Crippen LogP contribution in [0.5, 0.6) is 0 Å². The Balaban J connectivity index is 3.68. The summed E-state index contributed by atoms with van der Waals surface area (Å²) in [6.45, 7) is 9.30. The minimum Gasteiger partial charge on any atom is -0.202 e. The van der Waals surface area contributed by atoms with Gasteiger partial charge in [0.15, 0.2) is 0 Å². The molecule has 4 nitrogen and oxygen atoms in total. The molecule has 0 fully saturated rings. The summed E-state index contributed by atoms with van der Waals surface area (Å²) in [5, 5.41) is 0. The zero-order valence-corrected chi connectivity index (χ0v) is 11.0. The molecule has 0 amide bonds. The third-order valence-corrected chi connectivity index (χ3v) is 3.20. The Morgan fingerprint density at radius 3 is 1.47 bits per heavy atom. The molecule has 0 saturated carbocycles. The van der Waals surface area contributed by atoms with Crippen LogP contribution in [0.25, 0.3) is 0 Å². The largest absolute Gasteiger partial charge is 0.276 e. The quantitative estimate of drug-likeness (QED) is 0.671. The number of rotatable bonds is 8. The summed E-state index contributed by atoms with van der Waals surface area (Å²) < 4.78 is 27.8. The first-order valence-corrected chi connectivity index (χ1v) is 7.06. The first-order chi connectivity index (χ1) is 6.83. The van der Waals surface area contributed by atoms with Crippen molar-refractivity contribution in [1.29, 1.82) is 0 Å². The lowest BCUT2D eigenvalue weighted by molar-refractivity contribution is 0.529. The normalized spacial score (nSPS) is 12.7. The van der Waals surface area contributed by atoms with E-state index in [9.17, 15) is 8.42 Å². The maximum atomic E-state index is 11.4. The minimum absolute atomic E-state index is 0.509. The van der Waals surface area contributed by atoms with Gasteiger partial charge in [-0.1, -0.05) is 27.7 Å². The van der Waals surface area contributed by atoms with Crippen molar-refractivity contribution in [3.63, 3.8) is 0 Å². The van der Waals surface area contributed by atoms with E-state index in [0.29, 0.717) is 24.9 Å². The molecule has 0 rings (SSSR count). The highest BCUT2D eigenvalue weighted by Gasteiger charge is 2.08. The summed E-state index contributed by atoms with van der Waals surface area (Å²) in [5.41, 5.74) is 0. The van der Waals surface area contributed by atoms with E-state index in [2.05, 4.69) is 37.1 Å². The molecule has 2 N–H and O–H groups in total. The van der Waals surface area contributed by atoms with Gasteiger partial charge in [0.2, 0.25) is 0 Å². The van der Waals surface area contributed by atoms with Crippen LogP contribution in [-0.4, -0.2) is 21.5 Å². The summed E-state index contributed by atoms with van der Waals surface area (Å²) in [5.74, 6) is 1.03. The van der Waals surface area contributed by atoms with Gasteiger partial charge >= 0.3 is 0 Å². The van der Waals surface area contributed by atoms with Crippen molar-refractivity contribution < 1.29 is 8.42 Å². The Hall–Kier alpha value is -0.130. The molecule has 5 heteroatoms. The third-order valence-electron chi connectivity index (χ3n) is 2.03. The molecule has 0 aromatic carbocycles. The van der Waals surface area contributed by atoms with Crippen molar-refractivity contribution >= 4 is 10.2 Å². The molecule has 0 aliphatic carbocycles. The number of hydrogen-bond acceptors (Lipinski definition) is 2. The molecule has 0 aliphatic rings. The van der Waals surface area contributed by atoms with Crippen LogP contribution < -0.4 is 9.44 Å². The molecule has 0 aromatic rings. The van der Waals surface area contributed by atoms with Gasteiger partial charge in [-0.15, -0.1) is 0 Å². The van der Waals surface area contributed by atoms with Gasteiger partial charge in [0.1, 0.15) is 0 Å². The monoisotopic (exact) mass is 236 g/mol. The van der Waals surface area contributed by atoms with Crippen molar-refractivity contribution in [3.8, 4) is 0 Å². The fraction of sp³-hybridized carbons (Fsp3) is 1.00. The van der Waals surface area contributed by atoms with Gasteiger partial charge in [0, 0.05) is 13.1 Å². The molecule has 0 aromatic heterocycles. The summed E-state index contributed by atoms with van der Waals surface area (Å²) >= 11 is 0. The van der Waals surface area contributed by atoms with Gasteiger partial charge in [-0.3, -0.25) is 0 Å². The Morgan fingerprint density at radius 2 is 1.20 bits per heavy atom. The van der Waals surface area contributed by atoms with Crippen LogP contribution in [-0.2, 0) is 10.2 Å². The highest BCUT2D eigenvalue weighted by molar-refractivity contribution is 7.87. The van der Waals surface area contributed by atoms with Crippen molar-refractivity contribution in [2.24, 2.45) is 11.8 Å². The zero-order chi connectivity index (χ0) is 11.9. The molecular weight excluding hydrogens is 212 g/mol. The third kappa shape index (κ3) is 10.2. The van der Waals surface area contributed by atoms with Crippen LogP contribution in [0.15, 0.2) is 0 Å². The highest BCUT2D eigenvalue weighted by Crippen LogP contribution is 1.98. The van der Waals surface area contributed by atoms with Crippen molar-refractivity contribution in [1.82, 2.24) is 9.44 Å². The van der Waals surface area contributed by atoms with E-state index in [1.54, 1.807) is 0 Å². The lowest BCUT2D eigenvalue weighted by Crippen LogP contribution is -2.38. The lowest BCUT2D eigenvalue weighted by Gasteiger charge is -2.10. The maximum Gasteiger partial charge on any atom is 0.276 e. The van der Waals surface area contributed by atoms with E-state index in [0.717, 1.165) is 12.8 Å². The summed E-state index contributed by atoms with van der Waals surface area (Å²) in [7, 11) is -3.27. The Bertz CT molecular complexity index is 228. The molecule has 0 unspecified atom stereocenters.